The third-order valence-electron chi connectivity index (χ3n) is 1.43. The van der Waals surface area contributed by atoms with Crippen molar-refractivity contribution in [1.82, 2.24) is 0 Å². The molecule has 1 aliphatic rings. The second kappa shape index (κ2) is 2.79. The van der Waals surface area contributed by atoms with Crippen LogP contribution in [-0.4, -0.2) is 30.1 Å². The number of carbonyl (C=O) groups excluding carboxylic acids is 1. The van der Waals surface area contributed by atoms with Crippen LogP contribution in [-0.2, 0) is 14.3 Å². The molecule has 10 heavy (non-hydrogen) atoms. The normalized spacial score (nSPS) is 29.6. The molecular weight excluding hydrogens is 136 g/mol. The number of carboxylic acids is 1. The fourth-order valence-electron chi connectivity index (χ4n) is 0.779. The minimum absolute atomic E-state index is 0.00838. The van der Waals surface area contributed by atoms with Crippen LogP contribution >= 0.6 is 0 Å². The molecule has 2 atom stereocenters. The van der Waals surface area contributed by atoms with E-state index in [-0.39, 0.29) is 18.6 Å². The molecule has 4 nitrogen and oxygen atoms in total. The Morgan fingerprint density at radius 2 is 2.50 bits per heavy atom. The van der Waals surface area contributed by atoms with Crippen molar-refractivity contribution in [2.24, 2.45) is 5.92 Å². The lowest BCUT2D eigenvalue weighted by molar-refractivity contribution is -0.139. The molecule has 1 aliphatic carbocycles. The molecule has 0 aromatic rings. The number of hydrogen-bond acceptors (Lipinski definition) is 3. The Labute approximate surface area is 57.8 Å². The largest absolute Gasteiger partial charge is 0.481 e. The zero-order valence-corrected chi connectivity index (χ0v) is 5.32. The van der Waals surface area contributed by atoms with Gasteiger partial charge in [-0.1, -0.05) is 0 Å². The zero-order valence-electron chi connectivity index (χ0n) is 5.32. The molecule has 0 aromatic heterocycles. The fourth-order valence-corrected chi connectivity index (χ4v) is 0.779. The number of carboxylic acid groups (broad SMARTS) is 1. The summed E-state index contributed by atoms with van der Waals surface area (Å²) < 4.78 is 4.83. The van der Waals surface area contributed by atoms with Crippen molar-refractivity contribution < 1.29 is 19.4 Å². The zero-order chi connectivity index (χ0) is 7.56. The molecular formula is C6H8O4. The molecule has 0 radical (unpaired) electrons. The topological polar surface area (TPSA) is 63.6 Å². The van der Waals surface area contributed by atoms with Gasteiger partial charge in [-0.2, -0.15) is 0 Å². The van der Waals surface area contributed by atoms with Gasteiger partial charge in [0.05, 0.1) is 12.0 Å². The van der Waals surface area contributed by atoms with Crippen LogP contribution < -0.4 is 0 Å². The first-order valence-corrected chi connectivity index (χ1v) is 3.03. The molecule has 0 unspecified atom stereocenters. The summed E-state index contributed by atoms with van der Waals surface area (Å²) in [6, 6.07) is 0. The number of carbonyl (C=O) groups is 2. The van der Waals surface area contributed by atoms with E-state index in [4.69, 9.17) is 9.84 Å². The van der Waals surface area contributed by atoms with Crippen molar-refractivity contribution in [2.45, 2.75) is 12.5 Å². The van der Waals surface area contributed by atoms with Crippen LogP contribution in [0.5, 0.6) is 0 Å². The second-order valence-corrected chi connectivity index (χ2v) is 2.22. The van der Waals surface area contributed by atoms with Gasteiger partial charge >= 0.3 is 5.97 Å². The first kappa shape index (κ1) is 7.21. The molecule has 0 aliphatic heterocycles. The Bertz CT molecular complexity index is 154. The smallest absolute Gasteiger partial charge is 0.309 e. The highest BCUT2D eigenvalue weighted by molar-refractivity contribution is 5.74. The van der Waals surface area contributed by atoms with Crippen molar-refractivity contribution >= 4 is 12.3 Å². The Morgan fingerprint density at radius 3 is 2.90 bits per heavy atom. The SMILES string of the molecule is O=CCO[C@@H]1C[C@H]1C(=O)O. The lowest BCUT2D eigenvalue weighted by Crippen LogP contribution is -2.06. The maximum absolute atomic E-state index is 10.2. The van der Waals surface area contributed by atoms with E-state index in [1.54, 1.807) is 0 Å². The summed E-state index contributed by atoms with van der Waals surface area (Å²) in [4.78, 5) is 19.9. The average Bonchev–Trinajstić information content (AvgIpc) is 2.62. The van der Waals surface area contributed by atoms with Crippen LogP contribution in [0.25, 0.3) is 0 Å². The molecule has 0 saturated heterocycles. The molecule has 56 valence electrons. The molecule has 1 saturated carbocycles. The Balaban J connectivity index is 2.13. The maximum Gasteiger partial charge on any atom is 0.309 e. The molecule has 0 aromatic carbocycles. The summed E-state index contributed by atoms with van der Waals surface area (Å²) in [6.07, 6.45) is 0.947. The van der Waals surface area contributed by atoms with Crippen LogP contribution in [0.3, 0.4) is 0 Å². The average molecular weight is 144 g/mol. The molecule has 0 spiro atoms. The lowest BCUT2D eigenvalue weighted by atomic mass is 10.4. The summed E-state index contributed by atoms with van der Waals surface area (Å²) in [7, 11) is 0. The summed E-state index contributed by atoms with van der Waals surface area (Å²) in [6.45, 7) is 0.00838. The molecule has 1 rings (SSSR count). The van der Waals surface area contributed by atoms with E-state index in [0.29, 0.717) is 12.7 Å². The van der Waals surface area contributed by atoms with Crippen molar-refractivity contribution in [1.29, 1.82) is 0 Å². The summed E-state index contributed by atoms with van der Waals surface area (Å²) in [5.41, 5.74) is 0. The van der Waals surface area contributed by atoms with Gasteiger partial charge in [0.15, 0.2) is 0 Å². The van der Waals surface area contributed by atoms with E-state index in [2.05, 4.69) is 0 Å². The van der Waals surface area contributed by atoms with E-state index < -0.39 is 5.97 Å². The van der Waals surface area contributed by atoms with Gasteiger partial charge in [-0.25, -0.2) is 0 Å². The van der Waals surface area contributed by atoms with Gasteiger partial charge in [0, 0.05) is 0 Å². The summed E-state index contributed by atoms with van der Waals surface area (Å²) in [5, 5.41) is 8.35. The molecule has 0 heterocycles. The number of hydrogen-bond donors (Lipinski definition) is 1. The number of ether oxygens (including phenoxy) is 1. The van der Waals surface area contributed by atoms with E-state index in [1.165, 1.54) is 0 Å². The van der Waals surface area contributed by atoms with Gasteiger partial charge in [-0.15, -0.1) is 0 Å². The first-order valence-electron chi connectivity index (χ1n) is 3.03. The van der Waals surface area contributed by atoms with Crippen LogP contribution in [0.2, 0.25) is 0 Å². The Kier molecular flexibility index (Phi) is 2.01. The van der Waals surface area contributed by atoms with Crippen LogP contribution in [0.4, 0.5) is 0 Å². The maximum atomic E-state index is 10.2. The van der Waals surface area contributed by atoms with Crippen LogP contribution in [0, 0.1) is 5.92 Å². The number of aldehydes is 1. The minimum atomic E-state index is -0.837. The number of rotatable bonds is 4. The quantitative estimate of drug-likeness (QED) is 0.549. The Morgan fingerprint density at radius 1 is 1.80 bits per heavy atom. The van der Waals surface area contributed by atoms with Crippen molar-refractivity contribution in [3.63, 3.8) is 0 Å². The third kappa shape index (κ3) is 1.54. The third-order valence-corrected chi connectivity index (χ3v) is 1.43. The first-order chi connectivity index (χ1) is 4.75. The van der Waals surface area contributed by atoms with Crippen molar-refractivity contribution in [3.8, 4) is 0 Å². The second-order valence-electron chi connectivity index (χ2n) is 2.22. The highest BCUT2D eigenvalue weighted by Gasteiger charge is 2.44. The molecule has 0 amide bonds. The summed E-state index contributed by atoms with van der Waals surface area (Å²) >= 11 is 0. The molecule has 4 heteroatoms. The Hall–Kier alpha value is -0.900. The molecule has 1 fully saturated rings. The van der Waals surface area contributed by atoms with E-state index in [1.807, 2.05) is 0 Å². The van der Waals surface area contributed by atoms with E-state index in [9.17, 15) is 9.59 Å². The van der Waals surface area contributed by atoms with E-state index in [0.717, 1.165) is 0 Å². The van der Waals surface area contributed by atoms with Gasteiger partial charge in [-0.3, -0.25) is 4.79 Å². The predicted octanol–water partition coefficient (Wildman–Crippen LogP) is -0.325. The predicted molar refractivity (Wildman–Crippen MR) is 31.5 cm³/mol. The molecule has 1 N–H and O–H groups in total. The lowest BCUT2D eigenvalue weighted by Gasteiger charge is -1.93. The highest BCUT2D eigenvalue weighted by atomic mass is 16.5. The number of aliphatic carboxylic acids is 1. The fraction of sp³-hybridized carbons (Fsp3) is 0.667. The van der Waals surface area contributed by atoms with Gasteiger partial charge in [0.2, 0.25) is 0 Å². The van der Waals surface area contributed by atoms with Crippen molar-refractivity contribution in [3.05, 3.63) is 0 Å². The van der Waals surface area contributed by atoms with Crippen LogP contribution in [0.1, 0.15) is 6.42 Å². The van der Waals surface area contributed by atoms with Gasteiger partial charge < -0.3 is 14.6 Å². The summed E-state index contributed by atoms with van der Waals surface area (Å²) in [5.74, 6) is -1.21. The standard InChI is InChI=1S/C6H8O4/c7-1-2-10-5-3-4(5)6(8)9/h1,4-5H,2-3H2,(H,8,9)/t4-,5-/m1/s1. The molecule has 0 bridgehead atoms. The van der Waals surface area contributed by atoms with Gasteiger partial charge in [0.25, 0.3) is 0 Å². The van der Waals surface area contributed by atoms with E-state index >= 15 is 0 Å². The van der Waals surface area contributed by atoms with Crippen LogP contribution in [0.15, 0.2) is 0 Å². The van der Waals surface area contributed by atoms with Gasteiger partial charge in [0.1, 0.15) is 12.9 Å². The van der Waals surface area contributed by atoms with Gasteiger partial charge in [-0.05, 0) is 6.42 Å². The highest BCUT2D eigenvalue weighted by Crippen LogP contribution is 2.33. The van der Waals surface area contributed by atoms with Crippen molar-refractivity contribution in [2.75, 3.05) is 6.61 Å². The minimum Gasteiger partial charge on any atom is -0.481 e. The monoisotopic (exact) mass is 144 g/mol.